The average Bonchev–Trinajstić information content (AvgIpc) is 2.60. The fourth-order valence-electron chi connectivity index (χ4n) is 1.75. The summed E-state index contributed by atoms with van der Waals surface area (Å²) < 4.78 is 26.7. The molecule has 1 aromatic heterocycles. The van der Waals surface area contributed by atoms with Crippen LogP contribution in [0.5, 0.6) is 0 Å². The molecule has 0 saturated carbocycles. The number of sulfonamides is 1. The first-order valence-corrected chi connectivity index (χ1v) is 7.91. The lowest BCUT2D eigenvalue weighted by atomic mass is 10.3. The van der Waals surface area contributed by atoms with E-state index < -0.39 is 10.0 Å². The Morgan fingerprint density at radius 1 is 1.47 bits per heavy atom. The summed E-state index contributed by atoms with van der Waals surface area (Å²) in [6.07, 6.45) is 0. The van der Waals surface area contributed by atoms with Crippen LogP contribution >= 0.6 is 11.3 Å². The zero-order valence-electron chi connectivity index (χ0n) is 10.7. The lowest BCUT2D eigenvalue weighted by molar-refractivity contribution is 0.370. The first-order valence-electron chi connectivity index (χ1n) is 5.65. The smallest absolute Gasteiger partial charge is 0.252 e. The Bertz CT molecular complexity index is 478. The highest BCUT2D eigenvalue weighted by atomic mass is 32.2. The van der Waals surface area contributed by atoms with E-state index in [-0.39, 0.29) is 6.04 Å². The molecule has 0 aliphatic rings. The first-order chi connectivity index (χ1) is 7.84. The van der Waals surface area contributed by atoms with Gasteiger partial charge in [-0.2, -0.15) is 4.31 Å². The van der Waals surface area contributed by atoms with Crippen molar-refractivity contribution in [2.75, 3.05) is 6.54 Å². The minimum atomic E-state index is -3.37. The lowest BCUT2D eigenvalue weighted by Crippen LogP contribution is -2.36. The Hall–Kier alpha value is -0.430. The van der Waals surface area contributed by atoms with Crippen molar-refractivity contribution in [3.8, 4) is 0 Å². The molecule has 0 bridgehead atoms. The van der Waals surface area contributed by atoms with Crippen LogP contribution < -0.4 is 5.73 Å². The molecule has 0 aromatic carbocycles. The van der Waals surface area contributed by atoms with Crippen LogP contribution in [-0.2, 0) is 16.6 Å². The molecule has 2 N–H and O–H groups in total. The number of hydrogen-bond donors (Lipinski definition) is 1. The Morgan fingerprint density at radius 3 is 2.41 bits per heavy atom. The monoisotopic (exact) mass is 276 g/mol. The van der Waals surface area contributed by atoms with Gasteiger partial charge in [-0.3, -0.25) is 0 Å². The zero-order chi connectivity index (χ0) is 13.2. The lowest BCUT2D eigenvalue weighted by Gasteiger charge is -2.23. The molecule has 0 amide bonds. The van der Waals surface area contributed by atoms with Crippen LogP contribution in [0.4, 0.5) is 0 Å². The molecule has 0 aliphatic carbocycles. The number of rotatable bonds is 5. The maximum absolute atomic E-state index is 12.4. The molecule has 4 nitrogen and oxygen atoms in total. The maximum atomic E-state index is 12.4. The molecule has 0 fully saturated rings. The summed E-state index contributed by atoms with van der Waals surface area (Å²) in [5, 5.41) is 0. The fourth-order valence-corrected chi connectivity index (χ4v) is 4.99. The van der Waals surface area contributed by atoms with Crippen molar-refractivity contribution in [2.45, 2.75) is 44.5 Å². The highest BCUT2D eigenvalue weighted by molar-refractivity contribution is 7.91. The molecule has 0 spiro atoms. The molecule has 1 rings (SSSR count). The van der Waals surface area contributed by atoms with E-state index in [1.165, 1.54) is 15.6 Å². The quantitative estimate of drug-likeness (QED) is 0.894. The van der Waals surface area contributed by atoms with Crippen LogP contribution in [0.25, 0.3) is 0 Å². The summed E-state index contributed by atoms with van der Waals surface area (Å²) in [6, 6.07) is 1.68. The van der Waals surface area contributed by atoms with Gasteiger partial charge in [0.05, 0.1) is 0 Å². The van der Waals surface area contributed by atoms with Crippen LogP contribution in [0.15, 0.2) is 10.3 Å². The molecule has 98 valence electrons. The highest BCUT2D eigenvalue weighted by Gasteiger charge is 2.27. The van der Waals surface area contributed by atoms with Crippen LogP contribution in [-0.4, -0.2) is 25.3 Å². The molecule has 0 atom stereocenters. The molecule has 6 heteroatoms. The second kappa shape index (κ2) is 5.48. The van der Waals surface area contributed by atoms with Gasteiger partial charge in [-0.05, 0) is 32.4 Å². The predicted octanol–water partition coefficient (Wildman–Crippen LogP) is 1.93. The first kappa shape index (κ1) is 14.6. The average molecular weight is 276 g/mol. The van der Waals surface area contributed by atoms with Crippen molar-refractivity contribution in [2.24, 2.45) is 5.73 Å². The van der Waals surface area contributed by atoms with Gasteiger partial charge in [0, 0.05) is 24.0 Å². The number of nitrogens with two attached hydrogens (primary N) is 1. The Morgan fingerprint density at radius 2 is 2.06 bits per heavy atom. The number of thiophene rings is 1. The van der Waals surface area contributed by atoms with E-state index in [9.17, 15) is 8.42 Å². The third-order valence-corrected chi connectivity index (χ3v) is 6.49. The van der Waals surface area contributed by atoms with E-state index >= 15 is 0 Å². The van der Waals surface area contributed by atoms with Crippen molar-refractivity contribution in [3.05, 3.63) is 16.5 Å². The summed E-state index contributed by atoms with van der Waals surface area (Å²) in [5.41, 5.74) is 6.53. The number of hydrogen-bond acceptors (Lipinski definition) is 4. The summed E-state index contributed by atoms with van der Waals surface area (Å²) in [6.45, 7) is 8.37. The van der Waals surface area contributed by atoms with Crippen LogP contribution in [0, 0.1) is 6.92 Å². The van der Waals surface area contributed by atoms with E-state index in [1.54, 1.807) is 6.07 Å². The molecule has 17 heavy (non-hydrogen) atoms. The van der Waals surface area contributed by atoms with Gasteiger partial charge in [-0.15, -0.1) is 11.3 Å². The van der Waals surface area contributed by atoms with Crippen molar-refractivity contribution in [1.29, 1.82) is 0 Å². The van der Waals surface area contributed by atoms with Crippen molar-refractivity contribution in [1.82, 2.24) is 4.31 Å². The minimum Gasteiger partial charge on any atom is -0.326 e. The highest BCUT2D eigenvalue weighted by Crippen LogP contribution is 2.28. The summed E-state index contributed by atoms with van der Waals surface area (Å²) in [4.78, 5) is 0.934. The van der Waals surface area contributed by atoms with Crippen LogP contribution in [0.1, 0.15) is 31.2 Å². The van der Waals surface area contributed by atoms with Crippen LogP contribution in [0.2, 0.25) is 0 Å². The second-order valence-corrected chi connectivity index (χ2v) is 7.43. The number of aryl methyl sites for hydroxylation is 1. The summed E-state index contributed by atoms with van der Waals surface area (Å²) in [5.74, 6) is 0. The van der Waals surface area contributed by atoms with E-state index in [0.29, 0.717) is 17.3 Å². The van der Waals surface area contributed by atoms with Crippen LogP contribution in [0.3, 0.4) is 0 Å². The van der Waals surface area contributed by atoms with Gasteiger partial charge in [0.2, 0.25) is 0 Å². The molecule has 1 heterocycles. The molecule has 0 saturated heterocycles. The van der Waals surface area contributed by atoms with Crippen molar-refractivity contribution >= 4 is 21.4 Å². The Labute approximate surface area is 107 Å². The standard InChI is InChI=1S/C11H20N2O2S2/c1-5-13(8(2)3)17(14,15)11-6-9(4)10(7-12)16-11/h6,8H,5,7,12H2,1-4H3. The van der Waals surface area contributed by atoms with Gasteiger partial charge in [0.1, 0.15) is 4.21 Å². The minimum absolute atomic E-state index is 0.0336. The van der Waals surface area contributed by atoms with E-state index in [4.69, 9.17) is 5.73 Å². The third kappa shape index (κ3) is 2.88. The van der Waals surface area contributed by atoms with Gasteiger partial charge in [-0.1, -0.05) is 6.92 Å². The van der Waals surface area contributed by atoms with E-state index in [1.807, 2.05) is 27.7 Å². The van der Waals surface area contributed by atoms with E-state index in [2.05, 4.69) is 0 Å². The van der Waals surface area contributed by atoms with Gasteiger partial charge < -0.3 is 5.73 Å². The molecule has 1 aromatic rings. The summed E-state index contributed by atoms with van der Waals surface area (Å²) in [7, 11) is -3.37. The van der Waals surface area contributed by atoms with Gasteiger partial charge in [0.15, 0.2) is 0 Å². The SMILES string of the molecule is CCN(C(C)C)S(=O)(=O)c1cc(C)c(CN)s1. The van der Waals surface area contributed by atoms with Gasteiger partial charge in [-0.25, -0.2) is 8.42 Å². The molecular formula is C11H20N2O2S2. The fraction of sp³-hybridized carbons (Fsp3) is 0.636. The second-order valence-electron chi connectivity index (χ2n) is 4.18. The third-order valence-electron chi connectivity index (χ3n) is 2.63. The van der Waals surface area contributed by atoms with Crippen molar-refractivity contribution in [3.63, 3.8) is 0 Å². The van der Waals surface area contributed by atoms with Gasteiger partial charge >= 0.3 is 0 Å². The largest absolute Gasteiger partial charge is 0.326 e. The zero-order valence-corrected chi connectivity index (χ0v) is 12.4. The molecule has 0 aliphatic heterocycles. The van der Waals surface area contributed by atoms with Crippen molar-refractivity contribution < 1.29 is 8.42 Å². The molecule has 0 unspecified atom stereocenters. The molecular weight excluding hydrogens is 256 g/mol. The van der Waals surface area contributed by atoms with E-state index in [0.717, 1.165) is 10.4 Å². The maximum Gasteiger partial charge on any atom is 0.252 e. The summed E-state index contributed by atoms with van der Waals surface area (Å²) >= 11 is 1.27. The van der Waals surface area contributed by atoms with Gasteiger partial charge in [0.25, 0.3) is 10.0 Å². The predicted molar refractivity (Wildman–Crippen MR) is 71.6 cm³/mol. The Kier molecular flexibility index (Phi) is 4.71. The molecule has 0 radical (unpaired) electrons. The topological polar surface area (TPSA) is 63.4 Å². The number of nitrogens with zero attached hydrogens (tertiary/aromatic N) is 1. The normalized spacial score (nSPS) is 12.6. The Balaban J connectivity index is 3.20.